The summed E-state index contributed by atoms with van der Waals surface area (Å²) < 4.78 is 5.21. The highest BCUT2D eigenvalue weighted by atomic mass is 16.5. The van der Waals surface area contributed by atoms with Gasteiger partial charge in [-0.2, -0.15) is 4.98 Å². The van der Waals surface area contributed by atoms with Crippen molar-refractivity contribution in [2.24, 2.45) is 0 Å². The molecule has 0 aliphatic carbocycles. The summed E-state index contributed by atoms with van der Waals surface area (Å²) in [7, 11) is 1.80. The minimum atomic E-state index is 0.226. The van der Waals surface area contributed by atoms with Crippen LogP contribution in [0, 0.1) is 12.3 Å². The molecule has 0 unspecified atom stereocenters. The van der Waals surface area contributed by atoms with Crippen LogP contribution in [-0.4, -0.2) is 23.6 Å². The Morgan fingerprint density at radius 1 is 1.57 bits per heavy atom. The maximum atomic E-state index is 5.21. The maximum Gasteiger partial charge on any atom is 0.219 e. The third-order valence-corrected chi connectivity index (χ3v) is 1.62. The van der Waals surface area contributed by atoms with Crippen LogP contribution in [0.3, 0.4) is 0 Å². The van der Waals surface area contributed by atoms with Crippen LogP contribution in [0.1, 0.15) is 12.7 Å². The minimum absolute atomic E-state index is 0.226. The predicted molar refractivity (Wildman–Crippen MR) is 55.3 cm³/mol. The number of nitrogens with one attached hydrogen (secondary N) is 1. The van der Waals surface area contributed by atoms with Gasteiger partial charge < -0.3 is 10.1 Å². The number of hydrogen-bond donors (Lipinski definition) is 1. The molecule has 0 fully saturated rings. The van der Waals surface area contributed by atoms with E-state index in [0.29, 0.717) is 5.88 Å². The Balaban J connectivity index is 2.87. The monoisotopic (exact) mass is 191 g/mol. The normalized spacial score (nSPS) is 9.21. The number of terminal acetylenes is 1. The van der Waals surface area contributed by atoms with Crippen LogP contribution in [0.15, 0.2) is 6.07 Å². The molecule has 1 aromatic heterocycles. The van der Waals surface area contributed by atoms with Gasteiger partial charge in [0.1, 0.15) is 11.6 Å². The van der Waals surface area contributed by atoms with E-state index in [0.717, 1.165) is 18.1 Å². The quantitative estimate of drug-likeness (QED) is 0.724. The van der Waals surface area contributed by atoms with Crippen molar-refractivity contribution in [2.45, 2.75) is 13.3 Å². The highest BCUT2D eigenvalue weighted by molar-refractivity contribution is 5.37. The Kier molecular flexibility index (Phi) is 3.74. The van der Waals surface area contributed by atoms with Crippen LogP contribution in [-0.2, 0) is 6.42 Å². The zero-order valence-electron chi connectivity index (χ0n) is 8.37. The average molecular weight is 191 g/mol. The maximum absolute atomic E-state index is 5.21. The van der Waals surface area contributed by atoms with E-state index >= 15 is 0 Å². The lowest BCUT2D eigenvalue weighted by Gasteiger charge is -2.06. The fraction of sp³-hybridized carbons (Fsp3) is 0.400. The SMILES string of the molecule is C#CCOc1cc(NC)nc(CC)n1. The van der Waals surface area contributed by atoms with Gasteiger partial charge in [0, 0.05) is 19.5 Å². The summed E-state index contributed by atoms with van der Waals surface area (Å²) in [5.74, 6) is 4.38. The zero-order chi connectivity index (χ0) is 10.4. The van der Waals surface area contributed by atoms with E-state index in [4.69, 9.17) is 11.2 Å². The van der Waals surface area contributed by atoms with Crippen molar-refractivity contribution < 1.29 is 4.74 Å². The van der Waals surface area contributed by atoms with Crippen molar-refractivity contribution in [3.63, 3.8) is 0 Å². The second-order valence-electron chi connectivity index (χ2n) is 2.60. The third-order valence-electron chi connectivity index (χ3n) is 1.62. The molecule has 0 aromatic carbocycles. The predicted octanol–water partition coefficient (Wildman–Crippen LogP) is 1.09. The van der Waals surface area contributed by atoms with Crippen LogP contribution in [0.25, 0.3) is 0 Å². The second-order valence-corrected chi connectivity index (χ2v) is 2.60. The van der Waals surface area contributed by atoms with Crippen LogP contribution in [0.2, 0.25) is 0 Å². The first kappa shape index (κ1) is 10.3. The van der Waals surface area contributed by atoms with Crippen molar-refractivity contribution in [3.8, 4) is 18.2 Å². The van der Waals surface area contributed by atoms with Gasteiger partial charge >= 0.3 is 0 Å². The highest BCUT2D eigenvalue weighted by Crippen LogP contribution is 2.13. The molecule has 74 valence electrons. The number of anilines is 1. The molecular weight excluding hydrogens is 178 g/mol. The first-order valence-corrected chi connectivity index (χ1v) is 4.42. The van der Waals surface area contributed by atoms with Crippen molar-refractivity contribution in [3.05, 3.63) is 11.9 Å². The molecule has 4 nitrogen and oxygen atoms in total. The van der Waals surface area contributed by atoms with Gasteiger partial charge in [-0.25, -0.2) is 4.98 Å². The van der Waals surface area contributed by atoms with Gasteiger partial charge in [0.25, 0.3) is 0 Å². The number of hydrogen-bond acceptors (Lipinski definition) is 4. The average Bonchev–Trinajstić information content (AvgIpc) is 2.25. The molecule has 0 bridgehead atoms. The van der Waals surface area contributed by atoms with Gasteiger partial charge in [0.2, 0.25) is 5.88 Å². The van der Waals surface area contributed by atoms with Gasteiger partial charge in [-0.15, -0.1) is 6.42 Å². The Hall–Kier alpha value is -1.76. The molecule has 0 amide bonds. The lowest BCUT2D eigenvalue weighted by molar-refractivity contribution is 0.353. The number of ether oxygens (including phenoxy) is 1. The molecule has 1 rings (SSSR count). The smallest absolute Gasteiger partial charge is 0.219 e. The van der Waals surface area contributed by atoms with E-state index in [-0.39, 0.29) is 6.61 Å². The standard InChI is InChI=1S/C10H13N3O/c1-4-6-14-10-7-9(11-3)12-8(5-2)13-10/h1,7H,5-6H2,2-3H3,(H,11,12,13). The molecule has 0 atom stereocenters. The molecule has 4 heteroatoms. The summed E-state index contributed by atoms with van der Waals surface area (Å²) in [6.07, 6.45) is 5.85. The van der Waals surface area contributed by atoms with E-state index in [1.165, 1.54) is 0 Å². The van der Waals surface area contributed by atoms with Crippen molar-refractivity contribution in [1.29, 1.82) is 0 Å². The van der Waals surface area contributed by atoms with E-state index in [9.17, 15) is 0 Å². The minimum Gasteiger partial charge on any atom is -0.464 e. The fourth-order valence-corrected chi connectivity index (χ4v) is 0.948. The molecule has 0 saturated carbocycles. The molecule has 0 radical (unpaired) electrons. The Bertz CT molecular complexity index is 321. The molecule has 0 aliphatic rings. The summed E-state index contributed by atoms with van der Waals surface area (Å²) in [4.78, 5) is 8.39. The van der Waals surface area contributed by atoms with Crippen LogP contribution in [0.4, 0.5) is 5.82 Å². The van der Waals surface area contributed by atoms with Gasteiger partial charge in [0.15, 0.2) is 6.61 Å². The number of nitrogens with zero attached hydrogens (tertiary/aromatic N) is 2. The van der Waals surface area contributed by atoms with Crippen molar-refractivity contribution in [1.82, 2.24) is 9.97 Å². The van der Waals surface area contributed by atoms with Gasteiger partial charge in [-0.3, -0.25) is 0 Å². The molecule has 1 N–H and O–H groups in total. The summed E-state index contributed by atoms with van der Waals surface area (Å²) in [6, 6.07) is 1.72. The lowest BCUT2D eigenvalue weighted by Crippen LogP contribution is -2.03. The highest BCUT2D eigenvalue weighted by Gasteiger charge is 2.02. The first-order chi connectivity index (χ1) is 6.80. The van der Waals surface area contributed by atoms with Crippen LogP contribution < -0.4 is 10.1 Å². The first-order valence-electron chi connectivity index (χ1n) is 4.42. The van der Waals surface area contributed by atoms with Gasteiger partial charge in [-0.05, 0) is 0 Å². The summed E-state index contributed by atoms with van der Waals surface area (Å²) in [6.45, 7) is 2.21. The summed E-state index contributed by atoms with van der Waals surface area (Å²) in [5, 5.41) is 2.94. The lowest BCUT2D eigenvalue weighted by atomic mass is 10.4. The fourth-order valence-electron chi connectivity index (χ4n) is 0.948. The van der Waals surface area contributed by atoms with Crippen molar-refractivity contribution >= 4 is 5.82 Å². The van der Waals surface area contributed by atoms with Gasteiger partial charge in [0.05, 0.1) is 0 Å². The Morgan fingerprint density at radius 2 is 2.36 bits per heavy atom. The van der Waals surface area contributed by atoms with E-state index in [1.807, 2.05) is 6.92 Å². The molecule has 14 heavy (non-hydrogen) atoms. The molecular formula is C10H13N3O. The number of rotatable bonds is 4. The van der Waals surface area contributed by atoms with E-state index < -0.39 is 0 Å². The largest absolute Gasteiger partial charge is 0.464 e. The second kappa shape index (κ2) is 5.07. The summed E-state index contributed by atoms with van der Waals surface area (Å²) in [5.41, 5.74) is 0. The zero-order valence-corrected chi connectivity index (χ0v) is 8.37. The Labute approximate surface area is 83.7 Å². The molecule has 0 saturated heterocycles. The topological polar surface area (TPSA) is 47.0 Å². The summed E-state index contributed by atoms with van der Waals surface area (Å²) >= 11 is 0. The Morgan fingerprint density at radius 3 is 2.93 bits per heavy atom. The molecule has 0 spiro atoms. The number of aryl methyl sites for hydroxylation is 1. The van der Waals surface area contributed by atoms with Crippen molar-refractivity contribution in [2.75, 3.05) is 19.0 Å². The van der Waals surface area contributed by atoms with E-state index in [1.54, 1.807) is 13.1 Å². The molecule has 1 heterocycles. The van der Waals surface area contributed by atoms with Crippen LogP contribution >= 0.6 is 0 Å². The number of aromatic nitrogens is 2. The third kappa shape index (κ3) is 2.63. The molecule has 0 aliphatic heterocycles. The van der Waals surface area contributed by atoms with Crippen LogP contribution in [0.5, 0.6) is 5.88 Å². The van der Waals surface area contributed by atoms with E-state index in [2.05, 4.69) is 21.2 Å². The molecule has 1 aromatic rings. The van der Waals surface area contributed by atoms with Gasteiger partial charge in [-0.1, -0.05) is 12.8 Å².